The van der Waals surface area contributed by atoms with Crippen molar-refractivity contribution in [3.05, 3.63) is 53.1 Å². The summed E-state index contributed by atoms with van der Waals surface area (Å²) in [5.74, 6) is -0.799. The molecule has 0 atom stereocenters. The predicted molar refractivity (Wildman–Crippen MR) is 82.6 cm³/mol. The number of fused-ring (bicyclic) bond motifs is 1. The molecule has 3 rings (SSSR count). The Labute approximate surface area is 122 Å². The van der Waals surface area contributed by atoms with Crippen molar-refractivity contribution in [1.82, 2.24) is 0 Å². The van der Waals surface area contributed by atoms with Crippen molar-refractivity contribution >= 4 is 17.7 Å². The summed E-state index contributed by atoms with van der Waals surface area (Å²) in [6.45, 7) is 0. The van der Waals surface area contributed by atoms with Gasteiger partial charge in [0.2, 0.25) is 0 Å². The van der Waals surface area contributed by atoms with Gasteiger partial charge in [0, 0.05) is 4.90 Å². The molecule has 20 heavy (non-hydrogen) atoms. The molecule has 0 radical (unpaired) electrons. The fourth-order valence-electron chi connectivity index (χ4n) is 3.03. The van der Waals surface area contributed by atoms with Gasteiger partial charge in [-0.1, -0.05) is 30.3 Å². The average molecular weight is 284 g/mol. The molecule has 0 aromatic heterocycles. The summed E-state index contributed by atoms with van der Waals surface area (Å²) in [5.41, 5.74) is 5.17. The molecule has 1 aliphatic carbocycles. The lowest BCUT2D eigenvalue weighted by Gasteiger charge is -2.15. The number of aromatic carboxylic acids is 1. The minimum absolute atomic E-state index is 0.518. The zero-order valence-electron chi connectivity index (χ0n) is 11.3. The Balaban J connectivity index is 2.28. The van der Waals surface area contributed by atoms with E-state index in [4.69, 9.17) is 0 Å². The van der Waals surface area contributed by atoms with E-state index in [0.717, 1.165) is 29.7 Å². The Morgan fingerprint density at radius 2 is 1.85 bits per heavy atom. The van der Waals surface area contributed by atoms with Gasteiger partial charge in [-0.2, -0.15) is 0 Å². The monoisotopic (exact) mass is 284 g/mol. The third kappa shape index (κ3) is 2.12. The Hall–Kier alpha value is -1.74. The highest BCUT2D eigenvalue weighted by Gasteiger charge is 2.25. The van der Waals surface area contributed by atoms with Crippen molar-refractivity contribution in [2.45, 2.75) is 24.2 Å². The number of rotatable bonds is 3. The van der Waals surface area contributed by atoms with Crippen molar-refractivity contribution in [3.8, 4) is 11.1 Å². The van der Waals surface area contributed by atoms with Gasteiger partial charge < -0.3 is 5.11 Å². The number of thioether (sulfide) groups is 1. The molecule has 0 bridgehead atoms. The summed E-state index contributed by atoms with van der Waals surface area (Å²) in [6, 6.07) is 12.3. The van der Waals surface area contributed by atoms with Gasteiger partial charge in [0.15, 0.2) is 0 Å². The molecule has 0 unspecified atom stereocenters. The molecule has 2 aromatic rings. The molecule has 0 aliphatic heterocycles. The first-order valence-corrected chi connectivity index (χ1v) is 7.96. The van der Waals surface area contributed by atoms with Gasteiger partial charge in [-0.05, 0) is 53.8 Å². The van der Waals surface area contributed by atoms with Gasteiger partial charge in [0.1, 0.15) is 0 Å². The van der Waals surface area contributed by atoms with Crippen LogP contribution in [0.2, 0.25) is 0 Å². The van der Waals surface area contributed by atoms with E-state index < -0.39 is 5.97 Å². The molecule has 0 saturated heterocycles. The van der Waals surface area contributed by atoms with E-state index in [-0.39, 0.29) is 0 Å². The summed E-state index contributed by atoms with van der Waals surface area (Å²) in [4.78, 5) is 12.4. The first kappa shape index (κ1) is 13.3. The van der Waals surface area contributed by atoms with E-state index in [0.29, 0.717) is 5.56 Å². The fourth-order valence-corrected chi connectivity index (χ4v) is 3.68. The van der Waals surface area contributed by atoms with Crippen LogP contribution in [0.1, 0.15) is 27.9 Å². The topological polar surface area (TPSA) is 37.3 Å². The second-order valence-corrected chi connectivity index (χ2v) is 5.83. The van der Waals surface area contributed by atoms with Crippen LogP contribution in [-0.2, 0) is 12.8 Å². The number of carboxylic acid groups (broad SMARTS) is 1. The van der Waals surface area contributed by atoms with Gasteiger partial charge in [-0.25, -0.2) is 4.79 Å². The van der Waals surface area contributed by atoms with Crippen molar-refractivity contribution < 1.29 is 9.90 Å². The van der Waals surface area contributed by atoms with Crippen LogP contribution in [0.3, 0.4) is 0 Å². The van der Waals surface area contributed by atoms with Crippen LogP contribution in [0, 0.1) is 0 Å². The van der Waals surface area contributed by atoms with Gasteiger partial charge in [-0.3, -0.25) is 0 Å². The standard InChI is InChI=1S/C17H16O2S/c1-20-15-10-14(11-6-3-2-4-7-11)12-8-5-9-13(12)16(15)17(18)19/h2-4,6-7,10H,5,8-9H2,1H3,(H,18,19). The summed E-state index contributed by atoms with van der Waals surface area (Å²) >= 11 is 1.52. The largest absolute Gasteiger partial charge is 0.478 e. The molecule has 3 heteroatoms. The van der Waals surface area contributed by atoms with Crippen molar-refractivity contribution in [2.75, 3.05) is 6.26 Å². The van der Waals surface area contributed by atoms with E-state index in [1.54, 1.807) is 0 Å². The van der Waals surface area contributed by atoms with Crippen LogP contribution in [0.4, 0.5) is 0 Å². The van der Waals surface area contributed by atoms with Gasteiger partial charge in [-0.15, -0.1) is 11.8 Å². The van der Waals surface area contributed by atoms with Crippen LogP contribution >= 0.6 is 11.8 Å². The Morgan fingerprint density at radius 1 is 1.15 bits per heavy atom. The number of benzene rings is 2. The lowest BCUT2D eigenvalue weighted by Crippen LogP contribution is -2.06. The van der Waals surface area contributed by atoms with Crippen LogP contribution in [-0.4, -0.2) is 17.3 Å². The fraction of sp³-hybridized carbons (Fsp3) is 0.235. The summed E-state index contributed by atoms with van der Waals surface area (Å²) in [6.07, 6.45) is 4.85. The van der Waals surface area contributed by atoms with Crippen molar-refractivity contribution in [2.24, 2.45) is 0 Å². The predicted octanol–water partition coefficient (Wildman–Crippen LogP) is 4.26. The maximum atomic E-state index is 11.6. The third-order valence-corrected chi connectivity index (χ3v) is 4.65. The van der Waals surface area contributed by atoms with Gasteiger partial charge >= 0.3 is 5.97 Å². The van der Waals surface area contributed by atoms with E-state index in [1.807, 2.05) is 30.5 Å². The van der Waals surface area contributed by atoms with E-state index in [1.165, 1.54) is 28.5 Å². The van der Waals surface area contributed by atoms with Crippen molar-refractivity contribution in [1.29, 1.82) is 0 Å². The SMILES string of the molecule is CSc1cc(-c2ccccc2)c2c(c1C(=O)O)CCC2. The maximum absolute atomic E-state index is 11.6. The van der Waals surface area contributed by atoms with Crippen molar-refractivity contribution in [3.63, 3.8) is 0 Å². The molecule has 0 heterocycles. The summed E-state index contributed by atoms with van der Waals surface area (Å²) < 4.78 is 0. The smallest absolute Gasteiger partial charge is 0.337 e. The molecule has 1 aliphatic rings. The molecule has 0 fully saturated rings. The third-order valence-electron chi connectivity index (χ3n) is 3.89. The summed E-state index contributed by atoms with van der Waals surface area (Å²) in [7, 11) is 0. The Bertz CT molecular complexity index is 662. The molecular weight excluding hydrogens is 268 g/mol. The molecular formula is C17H16O2S. The quantitative estimate of drug-likeness (QED) is 0.856. The molecule has 0 amide bonds. The molecule has 1 N–H and O–H groups in total. The highest BCUT2D eigenvalue weighted by Crippen LogP contribution is 2.39. The zero-order valence-corrected chi connectivity index (χ0v) is 12.2. The minimum Gasteiger partial charge on any atom is -0.478 e. The molecule has 2 aromatic carbocycles. The minimum atomic E-state index is -0.799. The second-order valence-electron chi connectivity index (χ2n) is 4.98. The lowest BCUT2D eigenvalue weighted by molar-refractivity contribution is 0.0692. The lowest BCUT2D eigenvalue weighted by atomic mass is 9.93. The summed E-state index contributed by atoms with van der Waals surface area (Å²) in [5, 5.41) is 9.51. The molecule has 2 nitrogen and oxygen atoms in total. The Kier molecular flexibility index (Phi) is 3.53. The normalized spacial score (nSPS) is 13.2. The van der Waals surface area contributed by atoms with Gasteiger partial charge in [0.25, 0.3) is 0 Å². The number of carbonyl (C=O) groups is 1. The van der Waals surface area contributed by atoms with Crippen LogP contribution < -0.4 is 0 Å². The maximum Gasteiger partial charge on any atom is 0.337 e. The highest BCUT2D eigenvalue weighted by atomic mass is 32.2. The van der Waals surface area contributed by atoms with Crippen LogP contribution in [0.25, 0.3) is 11.1 Å². The van der Waals surface area contributed by atoms with E-state index in [2.05, 4.69) is 12.1 Å². The molecule has 102 valence electrons. The first-order chi connectivity index (χ1) is 9.72. The number of hydrogen-bond acceptors (Lipinski definition) is 2. The average Bonchev–Trinajstić information content (AvgIpc) is 2.95. The molecule has 0 spiro atoms. The highest BCUT2D eigenvalue weighted by molar-refractivity contribution is 7.98. The number of carboxylic acids is 1. The van der Waals surface area contributed by atoms with E-state index in [9.17, 15) is 9.90 Å². The van der Waals surface area contributed by atoms with Gasteiger partial charge in [0.05, 0.1) is 5.56 Å². The van der Waals surface area contributed by atoms with Crippen LogP contribution in [0.5, 0.6) is 0 Å². The molecule has 0 saturated carbocycles. The number of hydrogen-bond donors (Lipinski definition) is 1. The zero-order chi connectivity index (χ0) is 14.1. The second kappa shape index (κ2) is 5.33. The van der Waals surface area contributed by atoms with Crippen LogP contribution in [0.15, 0.2) is 41.3 Å². The van der Waals surface area contributed by atoms with E-state index >= 15 is 0 Å². The first-order valence-electron chi connectivity index (χ1n) is 6.74. The Morgan fingerprint density at radius 3 is 2.50 bits per heavy atom.